The highest BCUT2D eigenvalue weighted by atomic mass is 19.1. The third kappa shape index (κ3) is 3.91. The van der Waals surface area contributed by atoms with Gasteiger partial charge in [-0.1, -0.05) is 12.1 Å². The predicted molar refractivity (Wildman–Crippen MR) is 74.8 cm³/mol. The van der Waals surface area contributed by atoms with E-state index in [1.807, 2.05) is 6.07 Å². The van der Waals surface area contributed by atoms with Gasteiger partial charge in [0.05, 0.1) is 0 Å². The lowest BCUT2D eigenvalue weighted by Gasteiger charge is -2.14. The number of nitrogens with one attached hydrogen (secondary N) is 2. The number of nitrogens with zero attached hydrogens (tertiary/aromatic N) is 2. The van der Waals surface area contributed by atoms with Gasteiger partial charge in [0.1, 0.15) is 11.6 Å². The number of rotatable bonds is 5. The fourth-order valence-electron chi connectivity index (χ4n) is 1.84. The average molecular weight is 260 g/mol. The molecule has 0 spiro atoms. The van der Waals surface area contributed by atoms with E-state index in [-0.39, 0.29) is 11.9 Å². The van der Waals surface area contributed by atoms with Crippen molar-refractivity contribution in [2.75, 3.05) is 17.7 Å². The summed E-state index contributed by atoms with van der Waals surface area (Å²) < 4.78 is 12.8. The standard InChI is InChI=1S/C14H17FN4/c1-10(9-11-3-5-12(15)6-4-11)18-13-7-8-17-14(16-2)19-13/h3-8,10H,9H2,1-2H3,(H2,16,17,18,19). The molecule has 1 aromatic carbocycles. The van der Waals surface area contributed by atoms with Crippen LogP contribution in [0.25, 0.3) is 0 Å². The highest BCUT2D eigenvalue weighted by molar-refractivity contribution is 5.40. The molecule has 0 aliphatic carbocycles. The maximum atomic E-state index is 12.8. The van der Waals surface area contributed by atoms with Crippen LogP contribution < -0.4 is 10.6 Å². The molecule has 0 fully saturated rings. The van der Waals surface area contributed by atoms with Crippen molar-refractivity contribution >= 4 is 11.8 Å². The van der Waals surface area contributed by atoms with Crippen molar-refractivity contribution < 1.29 is 4.39 Å². The van der Waals surface area contributed by atoms with Gasteiger partial charge in [0.15, 0.2) is 0 Å². The molecule has 1 atom stereocenters. The molecule has 0 amide bonds. The molecule has 0 saturated heterocycles. The largest absolute Gasteiger partial charge is 0.367 e. The lowest BCUT2D eigenvalue weighted by molar-refractivity contribution is 0.626. The Kier molecular flexibility index (Phi) is 4.28. The molecule has 0 radical (unpaired) electrons. The zero-order valence-corrected chi connectivity index (χ0v) is 11.0. The Bertz CT molecular complexity index is 527. The molecule has 0 saturated carbocycles. The Hall–Kier alpha value is -2.17. The van der Waals surface area contributed by atoms with Gasteiger partial charge in [-0.3, -0.25) is 0 Å². The van der Waals surface area contributed by atoms with Gasteiger partial charge in [-0.25, -0.2) is 9.37 Å². The molecular formula is C14H17FN4. The van der Waals surface area contributed by atoms with Crippen molar-refractivity contribution in [1.82, 2.24) is 9.97 Å². The van der Waals surface area contributed by atoms with E-state index in [0.29, 0.717) is 5.95 Å². The minimum absolute atomic E-state index is 0.199. The van der Waals surface area contributed by atoms with Crippen molar-refractivity contribution in [1.29, 1.82) is 0 Å². The lowest BCUT2D eigenvalue weighted by Crippen LogP contribution is -2.19. The van der Waals surface area contributed by atoms with Crippen molar-refractivity contribution in [2.24, 2.45) is 0 Å². The molecule has 19 heavy (non-hydrogen) atoms. The first-order chi connectivity index (χ1) is 9.17. The van der Waals surface area contributed by atoms with Crippen molar-refractivity contribution in [2.45, 2.75) is 19.4 Å². The quantitative estimate of drug-likeness (QED) is 0.868. The fraction of sp³-hybridized carbons (Fsp3) is 0.286. The Morgan fingerprint density at radius 3 is 2.63 bits per heavy atom. The monoisotopic (exact) mass is 260 g/mol. The topological polar surface area (TPSA) is 49.8 Å². The Morgan fingerprint density at radius 1 is 1.21 bits per heavy atom. The molecular weight excluding hydrogens is 243 g/mol. The van der Waals surface area contributed by atoms with Gasteiger partial charge >= 0.3 is 0 Å². The zero-order chi connectivity index (χ0) is 13.7. The lowest BCUT2D eigenvalue weighted by atomic mass is 10.1. The van der Waals surface area contributed by atoms with Crippen molar-refractivity contribution in [3.05, 3.63) is 47.9 Å². The molecule has 0 bridgehead atoms. The smallest absolute Gasteiger partial charge is 0.224 e. The number of hydrogen-bond donors (Lipinski definition) is 2. The van der Waals surface area contributed by atoms with E-state index in [4.69, 9.17) is 0 Å². The number of hydrogen-bond acceptors (Lipinski definition) is 4. The van der Waals surface area contributed by atoms with Gasteiger partial charge in [-0.05, 0) is 37.1 Å². The summed E-state index contributed by atoms with van der Waals surface area (Å²) in [5.41, 5.74) is 1.09. The summed E-state index contributed by atoms with van der Waals surface area (Å²) in [6.45, 7) is 2.06. The van der Waals surface area contributed by atoms with Crippen LogP contribution in [0, 0.1) is 5.82 Å². The van der Waals surface area contributed by atoms with Crippen LogP contribution in [0.4, 0.5) is 16.2 Å². The van der Waals surface area contributed by atoms with Gasteiger partial charge < -0.3 is 10.6 Å². The van der Waals surface area contributed by atoms with E-state index in [2.05, 4.69) is 27.5 Å². The van der Waals surface area contributed by atoms with Crippen molar-refractivity contribution in [3.8, 4) is 0 Å². The molecule has 4 nitrogen and oxygen atoms in total. The normalized spacial score (nSPS) is 11.9. The minimum Gasteiger partial charge on any atom is -0.367 e. The molecule has 1 aromatic heterocycles. The maximum Gasteiger partial charge on any atom is 0.224 e. The number of halogens is 1. The molecule has 1 unspecified atom stereocenters. The van der Waals surface area contributed by atoms with Gasteiger partial charge in [-0.2, -0.15) is 4.98 Å². The average Bonchev–Trinajstić information content (AvgIpc) is 2.41. The molecule has 2 rings (SSSR count). The van der Waals surface area contributed by atoms with Crippen LogP contribution >= 0.6 is 0 Å². The van der Waals surface area contributed by atoms with E-state index in [0.717, 1.165) is 17.8 Å². The molecule has 1 heterocycles. The van der Waals surface area contributed by atoms with Crippen LogP contribution in [0.1, 0.15) is 12.5 Å². The first-order valence-electron chi connectivity index (χ1n) is 6.19. The molecule has 2 N–H and O–H groups in total. The second-order valence-electron chi connectivity index (χ2n) is 4.39. The van der Waals surface area contributed by atoms with E-state index in [1.54, 1.807) is 25.4 Å². The zero-order valence-electron chi connectivity index (χ0n) is 11.0. The van der Waals surface area contributed by atoms with Gasteiger partial charge in [0.2, 0.25) is 5.95 Å². The summed E-state index contributed by atoms with van der Waals surface area (Å²) in [5.74, 6) is 1.15. The second-order valence-corrected chi connectivity index (χ2v) is 4.39. The highest BCUT2D eigenvalue weighted by Gasteiger charge is 2.05. The summed E-state index contributed by atoms with van der Waals surface area (Å²) in [6, 6.07) is 8.57. The van der Waals surface area contributed by atoms with E-state index >= 15 is 0 Å². The fourth-order valence-corrected chi connectivity index (χ4v) is 1.84. The minimum atomic E-state index is -0.209. The molecule has 100 valence electrons. The summed E-state index contributed by atoms with van der Waals surface area (Å²) in [6.07, 6.45) is 2.50. The van der Waals surface area contributed by atoms with Crippen LogP contribution in [-0.2, 0) is 6.42 Å². The van der Waals surface area contributed by atoms with Crippen LogP contribution in [0.2, 0.25) is 0 Å². The van der Waals surface area contributed by atoms with Crippen molar-refractivity contribution in [3.63, 3.8) is 0 Å². The maximum absolute atomic E-state index is 12.8. The van der Waals surface area contributed by atoms with Gasteiger partial charge in [-0.15, -0.1) is 0 Å². The SMILES string of the molecule is CNc1nccc(NC(C)Cc2ccc(F)cc2)n1. The van der Waals surface area contributed by atoms with Gasteiger partial charge in [0.25, 0.3) is 0 Å². The van der Waals surface area contributed by atoms with E-state index < -0.39 is 0 Å². The number of aromatic nitrogens is 2. The third-order valence-corrected chi connectivity index (χ3v) is 2.73. The Morgan fingerprint density at radius 2 is 1.95 bits per heavy atom. The van der Waals surface area contributed by atoms with Crippen LogP contribution in [0.5, 0.6) is 0 Å². The van der Waals surface area contributed by atoms with Gasteiger partial charge in [0, 0.05) is 19.3 Å². The molecule has 2 aromatic rings. The van der Waals surface area contributed by atoms with Crippen LogP contribution in [0.15, 0.2) is 36.5 Å². The Labute approximate surface area is 112 Å². The summed E-state index contributed by atoms with van der Waals surface area (Å²) >= 11 is 0. The highest BCUT2D eigenvalue weighted by Crippen LogP contribution is 2.11. The summed E-state index contributed by atoms with van der Waals surface area (Å²) in [5, 5.41) is 6.19. The Balaban J connectivity index is 1.96. The van der Waals surface area contributed by atoms with E-state index in [9.17, 15) is 4.39 Å². The second kappa shape index (κ2) is 6.13. The van der Waals surface area contributed by atoms with E-state index in [1.165, 1.54) is 12.1 Å². The van der Waals surface area contributed by atoms with Crippen LogP contribution in [0.3, 0.4) is 0 Å². The van der Waals surface area contributed by atoms with Crippen LogP contribution in [-0.4, -0.2) is 23.1 Å². The summed E-state index contributed by atoms with van der Waals surface area (Å²) in [7, 11) is 1.78. The molecule has 0 aliphatic rings. The number of anilines is 2. The predicted octanol–water partition coefficient (Wildman–Crippen LogP) is 2.70. The molecule has 0 aliphatic heterocycles. The first kappa shape index (κ1) is 13.3. The summed E-state index contributed by atoms with van der Waals surface area (Å²) in [4.78, 5) is 8.35. The number of benzene rings is 1. The molecule has 5 heteroatoms. The third-order valence-electron chi connectivity index (χ3n) is 2.73. The first-order valence-corrected chi connectivity index (χ1v) is 6.19.